The van der Waals surface area contributed by atoms with Crippen molar-refractivity contribution in [2.45, 2.75) is 66.2 Å². The number of amides is 3. The van der Waals surface area contributed by atoms with Crippen LogP contribution in [0.3, 0.4) is 0 Å². The third-order valence-electron chi connectivity index (χ3n) is 9.88. The number of carbonyl (C=O) groups is 3. The smallest absolute Gasteiger partial charge is 0.248 e. The lowest BCUT2D eigenvalue weighted by molar-refractivity contribution is -0.145. The van der Waals surface area contributed by atoms with Crippen LogP contribution in [0.4, 0.5) is 0 Å². The average Bonchev–Trinajstić information content (AvgIpc) is 3.81. The molecule has 0 saturated carbocycles. The Kier molecular flexibility index (Phi) is 10.7. The molecule has 3 aliphatic heterocycles. The van der Waals surface area contributed by atoms with Crippen LogP contribution in [0.2, 0.25) is 0 Å². The van der Waals surface area contributed by atoms with Gasteiger partial charge in [-0.3, -0.25) is 14.4 Å². The molecule has 10 nitrogen and oxygen atoms in total. The van der Waals surface area contributed by atoms with E-state index < -0.39 is 22.6 Å². The summed E-state index contributed by atoms with van der Waals surface area (Å²) in [6, 6.07) is 16.7. The lowest BCUT2D eigenvalue weighted by Gasteiger charge is -2.38. The van der Waals surface area contributed by atoms with E-state index in [-0.39, 0.29) is 47.6 Å². The van der Waals surface area contributed by atoms with Crippen LogP contribution >= 0.6 is 27.7 Å². The Bertz CT molecular complexity index is 1650. The van der Waals surface area contributed by atoms with Gasteiger partial charge < -0.3 is 19.8 Å². The fourth-order valence-corrected chi connectivity index (χ4v) is 11.4. The lowest BCUT2D eigenvalue weighted by atomic mass is 9.70. The number of rotatable bonds is 16. The van der Waals surface area contributed by atoms with Gasteiger partial charge in [0.1, 0.15) is 18.2 Å². The van der Waals surface area contributed by atoms with Gasteiger partial charge in [-0.25, -0.2) is 4.68 Å². The van der Waals surface area contributed by atoms with Gasteiger partial charge in [-0.05, 0) is 37.0 Å². The summed E-state index contributed by atoms with van der Waals surface area (Å²) in [5.41, 5.74) is 2.54. The molecule has 0 aliphatic carbocycles. The van der Waals surface area contributed by atoms with Crippen LogP contribution in [0.15, 0.2) is 79.9 Å². The number of aromatic nitrogens is 3. The number of fused-ring (bicyclic) bond motifs is 2. The number of alkyl halides is 1. The van der Waals surface area contributed by atoms with E-state index in [1.807, 2.05) is 54.6 Å². The number of benzene rings is 2. The van der Waals surface area contributed by atoms with Crippen LogP contribution < -0.4 is 0 Å². The zero-order chi connectivity index (χ0) is 33.8. The average molecular weight is 736 g/mol. The summed E-state index contributed by atoms with van der Waals surface area (Å²) >= 11 is 5.55. The molecule has 254 valence electrons. The molecule has 3 fully saturated rings. The second-order valence-corrected chi connectivity index (χ2v) is 15.6. The summed E-state index contributed by atoms with van der Waals surface area (Å²) in [5, 5.41) is 17.8. The highest BCUT2D eigenvalue weighted by atomic mass is 79.9. The molecule has 1 aromatic heterocycles. The summed E-state index contributed by atoms with van der Waals surface area (Å²) in [6.07, 6.45) is 7.09. The first-order valence-corrected chi connectivity index (χ1v) is 18.5. The monoisotopic (exact) mass is 734 g/mol. The lowest BCUT2D eigenvalue weighted by Crippen LogP contribution is -2.56. The highest BCUT2D eigenvalue weighted by molar-refractivity contribution is 9.09. The molecule has 6 atom stereocenters. The van der Waals surface area contributed by atoms with Crippen molar-refractivity contribution in [3.05, 3.63) is 85.5 Å². The van der Waals surface area contributed by atoms with Crippen LogP contribution in [0.5, 0.6) is 0 Å². The van der Waals surface area contributed by atoms with Gasteiger partial charge in [0, 0.05) is 42.9 Å². The van der Waals surface area contributed by atoms with Crippen molar-refractivity contribution in [3.8, 4) is 0 Å². The maximum Gasteiger partial charge on any atom is 0.248 e. The fourth-order valence-electron chi connectivity index (χ4n) is 7.81. The Morgan fingerprint density at radius 3 is 2.46 bits per heavy atom. The number of hydrogen-bond acceptors (Lipinski definition) is 7. The van der Waals surface area contributed by atoms with Crippen molar-refractivity contribution < 1.29 is 19.5 Å². The van der Waals surface area contributed by atoms with Gasteiger partial charge in [-0.1, -0.05) is 88.6 Å². The summed E-state index contributed by atoms with van der Waals surface area (Å²) in [4.78, 5) is 49.4. The van der Waals surface area contributed by atoms with Gasteiger partial charge in [-0.15, -0.1) is 30.0 Å². The van der Waals surface area contributed by atoms with E-state index in [0.717, 1.165) is 29.4 Å². The van der Waals surface area contributed by atoms with Crippen molar-refractivity contribution in [2.24, 2.45) is 11.8 Å². The van der Waals surface area contributed by atoms with Crippen LogP contribution in [0.1, 0.15) is 37.7 Å². The predicted molar refractivity (Wildman–Crippen MR) is 191 cm³/mol. The summed E-state index contributed by atoms with van der Waals surface area (Å²) in [6.45, 7) is 9.57. The molecular weight excluding hydrogens is 692 g/mol. The number of aliphatic hydroxyl groups is 1. The summed E-state index contributed by atoms with van der Waals surface area (Å²) < 4.78 is 0.937. The topological polar surface area (TPSA) is 112 Å². The minimum atomic E-state index is -0.769. The minimum absolute atomic E-state index is 0.0327. The van der Waals surface area contributed by atoms with E-state index in [2.05, 4.69) is 39.4 Å². The molecule has 2 bridgehead atoms. The van der Waals surface area contributed by atoms with Crippen LogP contribution in [0, 0.1) is 11.8 Å². The number of carbonyl (C=O) groups excluding carboxylic acids is 3. The van der Waals surface area contributed by atoms with E-state index in [1.54, 1.807) is 43.3 Å². The van der Waals surface area contributed by atoms with Crippen LogP contribution in [0.25, 0.3) is 11.0 Å². The maximum atomic E-state index is 14.9. The quantitative estimate of drug-likeness (QED) is 0.130. The largest absolute Gasteiger partial charge is 0.396 e. The van der Waals surface area contributed by atoms with Crippen molar-refractivity contribution in [1.29, 1.82) is 0 Å². The molecule has 2 aromatic carbocycles. The van der Waals surface area contributed by atoms with E-state index in [0.29, 0.717) is 38.9 Å². The van der Waals surface area contributed by atoms with Gasteiger partial charge in [0.05, 0.1) is 22.1 Å². The third-order valence-corrected chi connectivity index (χ3v) is 13.1. The Morgan fingerprint density at radius 1 is 1.00 bits per heavy atom. The van der Waals surface area contributed by atoms with Crippen molar-refractivity contribution in [3.63, 3.8) is 0 Å². The zero-order valence-corrected chi connectivity index (χ0v) is 29.5. The molecule has 1 N–H and O–H groups in total. The molecule has 3 saturated heterocycles. The molecule has 3 unspecified atom stereocenters. The first kappa shape index (κ1) is 34.4. The predicted octanol–water partition coefficient (Wildman–Crippen LogP) is 4.64. The molecule has 12 heteroatoms. The minimum Gasteiger partial charge on any atom is -0.396 e. The Hall–Kier alpha value is -3.48. The number of unbranched alkanes of at least 4 members (excludes halogenated alkanes) is 3. The number of likely N-dealkylation sites (tertiary alicyclic amines) is 1. The van der Waals surface area contributed by atoms with Crippen molar-refractivity contribution in [2.75, 3.05) is 26.2 Å². The second-order valence-electron chi connectivity index (χ2n) is 12.9. The van der Waals surface area contributed by atoms with Gasteiger partial charge in [-0.2, -0.15) is 0 Å². The van der Waals surface area contributed by atoms with Crippen molar-refractivity contribution >= 4 is 56.4 Å². The SMILES string of the molecule is C=CCN(Cn1nnc2ccccc21)C(=O)C1N(CCCCCCO)C(=O)[C@@H]2[C@@H](C(=O)N(CC=C)Cc3ccccc3)[C@@H]3SC12CC3Br. The van der Waals surface area contributed by atoms with Crippen LogP contribution in [-0.4, -0.2) is 99.6 Å². The second kappa shape index (κ2) is 15.0. The Balaban J connectivity index is 1.35. The number of aliphatic hydroxyl groups excluding tert-OH is 1. The number of hydrogen-bond donors (Lipinski definition) is 1. The van der Waals surface area contributed by atoms with Gasteiger partial charge in [0.25, 0.3) is 0 Å². The molecule has 6 rings (SSSR count). The van der Waals surface area contributed by atoms with Crippen molar-refractivity contribution in [1.82, 2.24) is 29.7 Å². The first-order valence-electron chi connectivity index (χ1n) is 16.7. The molecule has 0 radical (unpaired) electrons. The third kappa shape index (κ3) is 6.34. The molecular formula is C36H43BrN6O4S. The Morgan fingerprint density at radius 2 is 1.71 bits per heavy atom. The fraction of sp³-hybridized carbons (Fsp3) is 0.472. The summed E-state index contributed by atoms with van der Waals surface area (Å²) in [5.74, 6) is -1.57. The number of halogens is 1. The summed E-state index contributed by atoms with van der Waals surface area (Å²) in [7, 11) is 0. The zero-order valence-electron chi connectivity index (χ0n) is 27.1. The van der Waals surface area contributed by atoms with E-state index in [1.165, 1.54) is 0 Å². The first-order chi connectivity index (χ1) is 23.3. The van der Waals surface area contributed by atoms with Crippen LogP contribution in [-0.2, 0) is 27.6 Å². The van der Waals surface area contributed by atoms with Gasteiger partial charge in [0.15, 0.2) is 0 Å². The number of thioether (sulfide) groups is 1. The van der Waals surface area contributed by atoms with Gasteiger partial charge >= 0.3 is 0 Å². The number of nitrogens with zero attached hydrogens (tertiary/aromatic N) is 6. The van der Waals surface area contributed by atoms with E-state index in [4.69, 9.17) is 0 Å². The molecule has 4 heterocycles. The standard InChI is InChI=1S/C36H43BrN6O4S/c1-3-18-40(23-25-14-8-7-9-15-25)33(45)29-30-34(46)42(20-12-5-6-13-21-44)32(36(30)22-26(37)31(29)48-36)35(47)41(19-4-2)24-43-28-17-11-10-16-27(28)38-39-43/h3-4,7-11,14-17,26,29-32,44H,1-2,5-6,12-13,18-24H2/t26?,29-,30+,31-,32?,36?/m1/s1. The molecule has 1 spiro atoms. The highest BCUT2D eigenvalue weighted by Gasteiger charge is 2.76. The molecule has 3 amide bonds. The molecule has 48 heavy (non-hydrogen) atoms. The molecule has 3 aliphatic rings. The Labute approximate surface area is 294 Å². The van der Waals surface area contributed by atoms with Gasteiger partial charge in [0.2, 0.25) is 17.7 Å². The van der Waals surface area contributed by atoms with E-state index >= 15 is 0 Å². The maximum absolute atomic E-state index is 14.9. The number of para-hydroxylation sites is 1. The molecule has 3 aromatic rings. The highest BCUT2D eigenvalue weighted by Crippen LogP contribution is 2.68. The van der Waals surface area contributed by atoms with E-state index in [9.17, 15) is 19.5 Å². The normalized spacial score (nSPS) is 25.8.